The van der Waals surface area contributed by atoms with Crippen molar-refractivity contribution in [3.05, 3.63) is 35.1 Å². The van der Waals surface area contributed by atoms with E-state index in [9.17, 15) is 4.39 Å². The molecule has 0 aliphatic heterocycles. The molecule has 1 aromatic carbocycles. The number of halogens is 1. The van der Waals surface area contributed by atoms with Crippen LogP contribution in [0.1, 0.15) is 38.8 Å². The topological polar surface area (TPSA) is 12.0 Å². The monoisotopic (exact) mass is 251 g/mol. The van der Waals surface area contributed by atoms with Crippen LogP contribution in [0.5, 0.6) is 0 Å². The van der Waals surface area contributed by atoms with Gasteiger partial charge in [-0.05, 0) is 54.5 Å². The Kier molecular flexibility index (Phi) is 5.33. The van der Waals surface area contributed by atoms with Crippen LogP contribution in [-0.4, -0.2) is 13.1 Å². The lowest BCUT2D eigenvalue weighted by atomic mass is 9.84. The SMILES string of the molecule is Cc1ccc(F)cc1CC(C)(C)CNCC(C)C. The van der Waals surface area contributed by atoms with Crippen LogP contribution in [0.4, 0.5) is 4.39 Å². The summed E-state index contributed by atoms with van der Waals surface area (Å²) in [5, 5.41) is 3.49. The van der Waals surface area contributed by atoms with Crippen LogP contribution in [-0.2, 0) is 6.42 Å². The Balaban J connectivity index is 2.61. The minimum atomic E-state index is -0.137. The fourth-order valence-corrected chi connectivity index (χ4v) is 2.11. The fraction of sp³-hybridized carbons (Fsp3) is 0.625. The molecule has 102 valence electrons. The Labute approximate surface area is 111 Å². The molecule has 1 nitrogen and oxygen atoms in total. The molecular formula is C16H26FN. The quantitative estimate of drug-likeness (QED) is 0.807. The third-order valence-electron chi connectivity index (χ3n) is 3.14. The summed E-state index contributed by atoms with van der Waals surface area (Å²) in [5.74, 6) is 0.526. The standard InChI is InChI=1S/C16H26FN/c1-12(2)10-18-11-16(4,5)9-14-8-15(17)7-6-13(14)3/h6-8,12,18H,9-11H2,1-5H3. The molecule has 0 unspecified atom stereocenters. The van der Waals surface area contributed by atoms with Crippen molar-refractivity contribution >= 4 is 0 Å². The predicted molar refractivity (Wildman–Crippen MR) is 76.3 cm³/mol. The van der Waals surface area contributed by atoms with Gasteiger partial charge in [0.2, 0.25) is 0 Å². The molecule has 1 aromatic rings. The summed E-state index contributed by atoms with van der Waals surface area (Å²) in [7, 11) is 0. The smallest absolute Gasteiger partial charge is 0.123 e. The molecule has 0 radical (unpaired) electrons. The maximum absolute atomic E-state index is 13.3. The van der Waals surface area contributed by atoms with Gasteiger partial charge < -0.3 is 5.32 Å². The van der Waals surface area contributed by atoms with E-state index in [-0.39, 0.29) is 11.2 Å². The fourth-order valence-electron chi connectivity index (χ4n) is 2.11. The van der Waals surface area contributed by atoms with Gasteiger partial charge in [-0.15, -0.1) is 0 Å². The Bertz CT molecular complexity index is 383. The van der Waals surface area contributed by atoms with Crippen molar-refractivity contribution in [2.24, 2.45) is 11.3 Å². The first-order valence-corrected chi connectivity index (χ1v) is 6.76. The zero-order valence-corrected chi connectivity index (χ0v) is 12.3. The maximum atomic E-state index is 13.3. The molecule has 0 saturated carbocycles. The summed E-state index contributed by atoms with van der Waals surface area (Å²) in [6, 6.07) is 5.06. The van der Waals surface area contributed by atoms with Gasteiger partial charge in [0.05, 0.1) is 0 Å². The van der Waals surface area contributed by atoms with E-state index in [4.69, 9.17) is 0 Å². The first-order valence-electron chi connectivity index (χ1n) is 6.76. The molecular weight excluding hydrogens is 225 g/mol. The lowest BCUT2D eigenvalue weighted by Crippen LogP contribution is -2.33. The third kappa shape index (κ3) is 5.18. The highest BCUT2D eigenvalue weighted by atomic mass is 19.1. The van der Waals surface area contributed by atoms with Crippen molar-refractivity contribution in [3.8, 4) is 0 Å². The predicted octanol–water partition coefficient (Wildman–Crippen LogP) is 3.95. The molecule has 1 rings (SSSR count). The first kappa shape index (κ1) is 15.2. The van der Waals surface area contributed by atoms with Crippen molar-refractivity contribution in [2.75, 3.05) is 13.1 Å². The van der Waals surface area contributed by atoms with E-state index < -0.39 is 0 Å². The Morgan fingerprint density at radius 3 is 2.56 bits per heavy atom. The lowest BCUT2D eigenvalue weighted by Gasteiger charge is -2.26. The second kappa shape index (κ2) is 6.33. The number of hydrogen-bond donors (Lipinski definition) is 1. The van der Waals surface area contributed by atoms with Crippen LogP contribution in [0.15, 0.2) is 18.2 Å². The number of benzene rings is 1. The van der Waals surface area contributed by atoms with Crippen LogP contribution in [0, 0.1) is 24.1 Å². The number of aryl methyl sites for hydroxylation is 1. The van der Waals surface area contributed by atoms with Gasteiger partial charge in [0.25, 0.3) is 0 Å². The minimum absolute atomic E-state index is 0.137. The van der Waals surface area contributed by atoms with Gasteiger partial charge in [0.1, 0.15) is 5.82 Å². The van der Waals surface area contributed by atoms with Crippen molar-refractivity contribution in [1.29, 1.82) is 0 Å². The van der Waals surface area contributed by atoms with Gasteiger partial charge in [-0.3, -0.25) is 0 Å². The van der Waals surface area contributed by atoms with Crippen LogP contribution >= 0.6 is 0 Å². The van der Waals surface area contributed by atoms with Gasteiger partial charge in [0.15, 0.2) is 0 Å². The number of hydrogen-bond acceptors (Lipinski definition) is 1. The molecule has 0 bridgehead atoms. The van der Waals surface area contributed by atoms with Gasteiger partial charge >= 0.3 is 0 Å². The van der Waals surface area contributed by atoms with Crippen molar-refractivity contribution in [1.82, 2.24) is 5.32 Å². The van der Waals surface area contributed by atoms with Gasteiger partial charge in [-0.1, -0.05) is 33.8 Å². The second-order valence-corrected chi connectivity index (χ2v) is 6.44. The van der Waals surface area contributed by atoms with Crippen molar-refractivity contribution in [3.63, 3.8) is 0 Å². The molecule has 0 aliphatic rings. The van der Waals surface area contributed by atoms with Crippen molar-refractivity contribution < 1.29 is 4.39 Å². The largest absolute Gasteiger partial charge is 0.316 e. The van der Waals surface area contributed by atoms with Gasteiger partial charge in [-0.2, -0.15) is 0 Å². The molecule has 0 aromatic heterocycles. The maximum Gasteiger partial charge on any atom is 0.123 e. The molecule has 0 heterocycles. The van der Waals surface area contributed by atoms with Crippen LogP contribution in [0.25, 0.3) is 0 Å². The van der Waals surface area contributed by atoms with Crippen LogP contribution < -0.4 is 5.32 Å². The van der Waals surface area contributed by atoms with E-state index in [0.717, 1.165) is 25.1 Å². The third-order valence-corrected chi connectivity index (χ3v) is 3.14. The van der Waals surface area contributed by atoms with E-state index >= 15 is 0 Å². The minimum Gasteiger partial charge on any atom is -0.316 e. The molecule has 0 atom stereocenters. The molecule has 18 heavy (non-hydrogen) atoms. The molecule has 1 N–H and O–H groups in total. The second-order valence-electron chi connectivity index (χ2n) is 6.44. The summed E-state index contributed by atoms with van der Waals surface area (Å²) >= 11 is 0. The number of rotatable bonds is 6. The van der Waals surface area contributed by atoms with Crippen LogP contribution in [0.2, 0.25) is 0 Å². The summed E-state index contributed by atoms with van der Waals surface area (Å²) in [6.07, 6.45) is 0.904. The molecule has 0 spiro atoms. The number of nitrogens with one attached hydrogen (secondary N) is 1. The van der Waals surface area contributed by atoms with E-state index in [2.05, 4.69) is 33.0 Å². The van der Waals surface area contributed by atoms with Crippen LogP contribution in [0.3, 0.4) is 0 Å². The highest BCUT2D eigenvalue weighted by molar-refractivity contribution is 5.27. The average molecular weight is 251 g/mol. The average Bonchev–Trinajstić information content (AvgIpc) is 2.22. The van der Waals surface area contributed by atoms with Gasteiger partial charge in [0, 0.05) is 6.54 Å². The van der Waals surface area contributed by atoms with Crippen molar-refractivity contribution in [2.45, 2.75) is 41.0 Å². The Hall–Kier alpha value is -0.890. The summed E-state index contributed by atoms with van der Waals surface area (Å²) in [6.45, 7) is 12.9. The van der Waals surface area contributed by atoms with E-state index in [0.29, 0.717) is 5.92 Å². The van der Waals surface area contributed by atoms with E-state index in [1.165, 1.54) is 11.6 Å². The van der Waals surface area contributed by atoms with E-state index in [1.54, 1.807) is 6.07 Å². The Morgan fingerprint density at radius 2 is 1.94 bits per heavy atom. The Morgan fingerprint density at radius 1 is 1.28 bits per heavy atom. The summed E-state index contributed by atoms with van der Waals surface area (Å²) < 4.78 is 13.3. The van der Waals surface area contributed by atoms with Gasteiger partial charge in [-0.25, -0.2) is 4.39 Å². The first-order chi connectivity index (χ1) is 8.30. The molecule has 0 saturated heterocycles. The highest BCUT2D eigenvalue weighted by Crippen LogP contribution is 2.23. The molecule has 2 heteroatoms. The molecule has 0 aliphatic carbocycles. The molecule has 0 fully saturated rings. The zero-order valence-electron chi connectivity index (χ0n) is 12.3. The molecule has 0 amide bonds. The highest BCUT2D eigenvalue weighted by Gasteiger charge is 2.19. The van der Waals surface area contributed by atoms with E-state index in [1.807, 2.05) is 13.0 Å². The normalized spacial score (nSPS) is 12.2. The summed E-state index contributed by atoms with van der Waals surface area (Å²) in [4.78, 5) is 0. The zero-order chi connectivity index (χ0) is 13.8. The summed E-state index contributed by atoms with van der Waals surface area (Å²) in [5.41, 5.74) is 2.44. The lowest BCUT2D eigenvalue weighted by molar-refractivity contribution is 0.329.